The van der Waals surface area contributed by atoms with E-state index < -0.39 is 0 Å². The van der Waals surface area contributed by atoms with Crippen molar-refractivity contribution in [3.63, 3.8) is 0 Å². The number of amides is 1. The summed E-state index contributed by atoms with van der Waals surface area (Å²) in [4.78, 5) is 14.0. The molecule has 5 heteroatoms. The van der Waals surface area contributed by atoms with E-state index in [1.807, 2.05) is 0 Å². The fraction of sp³-hybridized carbons (Fsp3) is 0.929. The molecule has 0 aromatic heterocycles. The number of piperidine rings is 1. The second kappa shape index (κ2) is 10.2. The van der Waals surface area contributed by atoms with Crippen molar-refractivity contribution in [2.75, 3.05) is 53.0 Å². The summed E-state index contributed by atoms with van der Waals surface area (Å²) in [5, 5.41) is 6.35. The number of hydrogen-bond donors (Lipinski definition) is 2. The largest absolute Gasteiger partial charge is 0.383 e. The van der Waals surface area contributed by atoms with Gasteiger partial charge in [0.05, 0.1) is 13.2 Å². The monoisotopic (exact) mass is 271 g/mol. The second-order valence-electron chi connectivity index (χ2n) is 5.29. The Morgan fingerprint density at radius 3 is 3.00 bits per heavy atom. The maximum absolute atomic E-state index is 11.7. The lowest BCUT2D eigenvalue weighted by Gasteiger charge is -2.32. The fourth-order valence-electron chi connectivity index (χ4n) is 2.50. The predicted octanol–water partition coefficient (Wildman–Crippen LogP) is 0.461. The van der Waals surface area contributed by atoms with Crippen molar-refractivity contribution >= 4 is 5.91 Å². The molecule has 0 spiro atoms. The van der Waals surface area contributed by atoms with Crippen molar-refractivity contribution in [3.05, 3.63) is 0 Å². The summed E-state index contributed by atoms with van der Waals surface area (Å²) >= 11 is 0. The van der Waals surface area contributed by atoms with Crippen molar-refractivity contribution < 1.29 is 9.53 Å². The van der Waals surface area contributed by atoms with Crippen LogP contribution in [-0.2, 0) is 9.53 Å². The Kier molecular flexibility index (Phi) is 8.79. The molecule has 0 aromatic rings. The lowest BCUT2D eigenvalue weighted by molar-refractivity contribution is -0.122. The van der Waals surface area contributed by atoms with Gasteiger partial charge >= 0.3 is 0 Å². The molecule has 1 rings (SSSR count). The molecule has 0 saturated carbocycles. The quantitative estimate of drug-likeness (QED) is 0.598. The van der Waals surface area contributed by atoms with Crippen LogP contribution in [0.4, 0.5) is 0 Å². The normalized spacial score (nSPS) is 20.4. The molecule has 1 unspecified atom stereocenters. The Hall–Kier alpha value is -0.650. The molecule has 0 bridgehead atoms. The zero-order valence-corrected chi connectivity index (χ0v) is 12.4. The molecule has 1 atom stereocenters. The molecule has 0 aromatic carbocycles. The van der Waals surface area contributed by atoms with Crippen molar-refractivity contribution in [2.24, 2.45) is 5.92 Å². The summed E-state index contributed by atoms with van der Waals surface area (Å²) in [5.74, 6) is 0.797. The molecule has 1 aliphatic rings. The maximum Gasteiger partial charge on any atom is 0.234 e. The van der Waals surface area contributed by atoms with Crippen LogP contribution >= 0.6 is 0 Å². The van der Waals surface area contributed by atoms with Gasteiger partial charge in [0.15, 0.2) is 0 Å². The SMILES string of the molecule is CCCNCC1CCCN(CC(=O)NCCOC)C1. The van der Waals surface area contributed by atoms with Crippen molar-refractivity contribution in [2.45, 2.75) is 26.2 Å². The summed E-state index contributed by atoms with van der Waals surface area (Å²) in [6.07, 6.45) is 3.65. The molecule has 1 heterocycles. The third-order valence-electron chi connectivity index (χ3n) is 3.46. The van der Waals surface area contributed by atoms with Gasteiger partial charge in [0.25, 0.3) is 0 Å². The van der Waals surface area contributed by atoms with Gasteiger partial charge in [0.1, 0.15) is 0 Å². The minimum atomic E-state index is 0.110. The molecular weight excluding hydrogens is 242 g/mol. The average molecular weight is 271 g/mol. The third kappa shape index (κ3) is 7.50. The first-order valence-electron chi connectivity index (χ1n) is 7.45. The summed E-state index contributed by atoms with van der Waals surface area (Å²) in [7, 11) is 1.64. The Bertz CT molecular complexity index is 249. The van der Waals surface area contributed by atoms with Crippen LogP contribution in [-0.4, -0.2) is 63.8 Å². The van der Waals surface area contributed by atoms with Crippen molar-refractivity contribution in [3.8, 4) is 0 Å². The molecule has 0 aliphatic carbocycles. The predicted molar refractivity (Wildman–Crippen MR) is 77.2 cm³/mol. The van der Waals surface area contributed by atoms with Crippen molar-refractivity contribution in [1.29, 1.82) is 0 Å². The summed E-state index contributed by atoms with van der Waals surface area (Å²) in [6.45, 7) is 8.14. The van der Waals surface area contributed by atoms with E-state index in [0.717, 1.165) is 26.2 Å². The van der Waals surface area contributed by atoms with Gasteiger partial charge in [-0.15, -0.1) is 0 Å². The zero-order valence-electron chi connectivity index (χ0n) is 12.4. The molecule has 19 heavy (non-hydrogen) atoms. The first-order chi connectivity index (χ1) is 9.26. The highest BCUT2D eigenvalue weighted by atomic mass is 16.5. The molecule has 112 valence electrons. The molecule has 5 nitrogen and oxygen atoms in total. The number of nitrogens with one attached hydrogen (secondary N) is 2. The number of hydrogen-bond acceptors (Lipinski definition) is 4. The Morgan fingerprint density at radius 1 is 1.42 bits per heavy atom. The van der Waals surface area contributed by atoms with Crippen LogP contribution in [0.2, 0.25) is 0 Å². The Labute approximate surface area is 117 Å². The van der Waals surface area contributed by atoms with E-state index in [1.165, 1.54) is 19.3 Å². The van der Waals surface area contributed by atoms with Crippen LogP contribution in [0.3, 0.4) is 0 Å². The third-order valence-corrected chi connectivity index (χ3v) is 3.46. The maximum atomic E-state index is 11.7. The highest BCUT2D eigenvalue weighted by Gasteiger charge is 2.20. The number of likely N-dealkylation sites (tertiary alicyclic amines) is 1. The minimum absolute atomic E-state index is 0.110. The minimum Gasteiger partial charge on any atom is -0.383 e. The van der Waals surface area contributed by atoms with E-state index >= 15 is 0 Å². The van der Waals surface area contributed by atoms with Gasteiger partial charge in [0, 0.05) is 20.2 Å². The van der Waals surface area contributed by atoms with Crippen LogP contribution in [0.5, 0.6) is 0 Å². The first-order valence-corrected chi connectivity index (χ1v) is 7.45. The lowest BCUT2D eigenvalue weighted by Crippen LogP contribution is -2.45. The number of rotatable bonds is 9. The molecular formula is C14H29N3O2. The number of carbonyl (C=O) groups excluding carboxylic acids is 1. The summed E-state index contributed by atoms with van der Waals surface area (Å²) < 4.78 is 4.92. The zero-order chi connectivity index (χ0) is 13.9. The van der Waals surface area contributed by atoms with E-state index in [1.54, 1.807) is 7.11 Å². The summed E-state index contributed by atoms with van der Waals surface area (Å²) in [6, 6.07) is 0. The Morgan fingerprint density at radius 2 is 2.26 bits per heavy atom. The van der Waals surface area contributed by atoms with E-state index in [-0.39, 0.29) is 5.91 Å². The van der Waals surface area contributed by atoms with Gasteiger partial charge in [-0.25, -0.2) is 0 Å². The number of ether oxygens (including phenoxy) is 1. The molecule has 1 amide bonds. The van der Waals surface area contributed by atoms with Gasteiger partial charge in [-0.05, 0) is 44.8 Å². The average Bonchev–Trinajstić information content (AvgIpc) is 2.40. The topological polar surface area (TPSA) is 53.6 Å². The molecule has 0 radical (unpaired) electrons. The van der Waals surface area contributed by atoms with Crippen LogP contribution < -0.4 is 10.6 Å². The number of nitrogens with zero attached hydrogens (tertiary/aromatic N) is 1. The Balaban J connectivity index is 2.16. The molecule has 1 fully saturated rings. The van der Waals surface area contributed by atoms with Gasteiger partial charge in [-0.3, -0.25) is 9.69 Å². The fourth-order valence-corrected chi connectivity index (χ4v) is 2.50. The van der Waals surface area contributed by atoms with E-state index in [0.29, 0.717) is 25.6 Å². The molecule has 1 saturated heterocycles. The molecule has 2 N–H and O–H groups in total. The summed E-state index contributed by atoms with van der Waals surface area (Å²) in [5.41, 5.74) is 0. The van der Waals surface area contributed by atoms with Gasteiger partial charge < -0.3 is 15.4 Å². The highest BCUT2D eigenvalue weighted by molar-refractivity contribution is 5.77. The van der Waals surface area contributed by atoms with Crippen molar-refractivity contribution in [1.82, 2.24) is 15.5 Å². The van der Waals surface area contributed by atoms with E-state index in [4.69, 9.17) is 4.74 Å². The molecule has 1 aliphatic heterocycles. The van der Waals surface area contributed by atoms with Gasteiger partial charge in [-0.2, -0.15) is 0 Å². The van der Waals surface area contributed by atoms with Crippen LogP contribution in [0.15, 0.2) is 0 Å². The van der Waals surface area contributed by atoms with Crippen LogP contribution in [0.25, 0.3) is 0 Å². The van der Waals surface area contributed by atoms with Crippen LogP contribution in [0.1, 0.15) is 26.2 Å². The number of methoxy groups -OCH3 is 1. The number of carbonyl (C=O) groups is 1. The smallest absolute Gasteiger partial charge is 0.234 e. The second-order valence-corrected chi connectivity index (χ2v) is 5.29. The van der Waals surface area contributed by atoms with E-state index in [9.17, 15) is 4.79 Å². The van der Waals surface area contributed by atoms with E-state index in [2.05, 4.69) is 22.5 Å². The van der Waals surface area contributed by atoms with Gasteiger partial charge in [0.2, 0.25) is 5.91 Å². The first kappa shape index (κ1) is 16.4. The lowest BCUT2D eigenvalue weighted by atomic mass is 9.98. The standard InChI is InChI=1S/C14H29N3O2/c1-3-6-15-10-13-5-4-8-17(11-13)12-14(18)16-7-9-19-2/h13,15H,3-12H2,1-2H3,(H,16,18). The van der Waals surface area contributed by atoms with Gasteiger partial charge in [-0.1, -0.05) is 6.92 Å². The highest BCUT2D eigenvalue weighted by Crippen LogP contribution is 2.15. The van der Waals surface area contributed by atoms with Crippen LogP contribution in [0, 0.1) is 5.92 Å².